The van der Waals surface area contributed by atoms with E-state index in [4.69, 9.17) is 16.6 Å². The first kappa shape index (κ1) is 17.2. The largest absolute Gasteiger partial charge is 0.334 e. The van der Waals surface area contributed by atoms with Gasteiger partial charge in [0.15, 0.2) is 0 Å². The van der Waals surface area contributed by atoms with Crippen molar-refractivity contribution in [2.24, 2.45) is 12.0 Å². The van der Waals surface area contributed by atoms with E-state index in [0.717, 1.165) is 28.1 Å². The van der Waals surface area contributed by atoms with Crippen molar-refractivity contribution in [2.45, 2.75) is 26.1 Å². The summed E-state index contributed by atoms with van der Waals surface area (Å²) in [6.45, 7) is 1.83. The van der Waals surface area contributed by atoms with Crippen LogP contribution in [0.15, 0.2) is 53.7 Å². The molecule has 1 amide bonds. The first-order valence-electron chi connectivity index (χ1n) is 9.28. The number of rotatable bonds is 3. The first-order valence-corrected chi connectivity index (χ1v) is 9.66. The van der Waals surface area contributed by atoms with Gasteiger partial charge >= 0.3 is 0 Å². The van der Waals surface area contributed by atoms with Crippen molar-refractivity contribution < 1.29 is 4.79 Å². The lowest BCUT2D eigenvalue weighted by atomic mass is 9.92. The highest BCUT2D eigenvalue weighted by atomic mass is 35.5. The molecule has 0 fully saturated rings. The Labute approximate surface area is 168 Å². The average Bonchev–Trinajstić information content (AvgIpc) is 3.26. The van der Waals surface area contributed by atoms with Crippen LogP contribution in [0.3, 0.4) is 0 Å². The number of carbonyl (C=O) groups is 1. The molecule has 0 atom stereocenters. The number of halogens is 1. The van der Waals surface area contributed by atoms with Crippen LogP contribution in [-0.4, -0.2) is 26.3 Å². The minimum absolute atomic E-state index is 0.151. The second-order valence-electron chi connectivity index (χ2n) is 7.34. The summed E-state index contributed by atoms with van der Waals surface area (Å²) >= 11 is 6.10. The van der Waals surface area contributed by atoms with Gasteiger partial charge < -0.3 is 4.90 Å². The van der Waals surface area contributed by atoms with Gasteiger partial charge in [0.25, 0.3) is 0 Å². The molecule has 0 bridgehead atoms. The molecular weight excluding hydrogens is 372 g/mol. The summed E-state index contributed by atoms with van der Waals surface area (Å²) in [6.07, 6.45) is 2.23. The predicted octanol–water partition coefficient (Wildman–Crippen LogP) is 3.51. The van der Waals surface area contributed by atoms with Gasteiger partial charge in [0.1, 0.15) is 0 Å². The zero-order valence-corrected chi connectivity index (χ0v) is 16.3. The molecule has 0 aliphatic carbocycles. The number of nitrogens with zero attached hydrogens (tertiary/aromatic N) is 4. The molecule has 5 nitrogen and oxygen atoms in total. The van der Waals surface area contributed by atoms with Gasteiger partial charge in [-0.2, -0.15) is 5.10 Å². The van der Waals surface area contributed by atoms with Crippen molar-refractivity contribution in [1.29, 1.82) is 0 Å². The number of benzene rings is 2. The van der Waals surface area contributed by atoms with Gasteiger partial charge in [0.05, 0.1) is 24.4 Å². The Balaban J connectivity index is 1.46. The summed E-state index contributed by atoms with van der Waals surface area (Å²) in [5.74, 6) is 0.151. The number of carbonyl (C=O) groups excluding carboxylic acids is 1. The van der Waals surface area contributed by atoms with Crippen LogP contribution < -0.4 is 0 Å². The molecule has 0 spiro atoms. The van der Waals surface area contributed by atoms with Crippen LogP contribution in [0, 0.1) is 0 Å². The normalized spacial score (nSPS) is 15.4. The van der Waals surface area contributed by atoms with E-state index in [1.165, 1.54) is 11.1 Å². The molecule has 2 aliphatic heterocycles. The summed E-state index contributed by atoms with van der Waals surface area (Å²) in [5.41, 5.74) is 7.69. The van der Waals surface area contributed by atoms with Gasteiger partial charge in [-0.25, -0.2) is 0 Å². The molecule has 0 saturated carbocycles. The Bertz CT molecular complexity index is 1130. The minimum Gasteiger partial charge on any atom is -0.334 e. The first-order chi connectivity index (χ1) is 13.6. The van der Waals surface area contributed by atoms with E-state index in [9.17, 15) is 4.79 Å². The topological polar surface area (TPSA) is 50.5 Å². The Kier molecular flexibility index (Phi) is 4.05. The lowest BCUT2D eigenvalue weighted by molar-refractivity contribution is -0.132. The van der Waals surface area contributed by atoms with E-state index >= 15 is 0 Å². The summed E-state index contributed by atoms with van der Waals surface area (Å²) in [7, 11) is 1.93. The van der Waals surface area contributed by atoms with Crippen molar-refractivity contribution >= 4 is 23.2 Å². The molecule has 3 heterocycles. The number of aryl methyl sites for hydroxylation is 1. The van der Waals surface area contributed by atoms with Crippen LogP contribution in [0.2, 0.25) is 5.02 Å². The van der Waals surface area contributed by atoms with Gasteiger partial charge in [-0.15, -0.1) is 0 Å². The lowest BCUT2D eigenvalue weighted by Crippen LogP contribution is -2.35. The summed E-state index contributed by atoms with van der Waals surface area (Å²) in [4.78, 5) is 19.3. The highest BCUT2D eigenvalue weighted by molar-refractivity contribution is 6.30. The predicted molar refractivity (Wildman–Crippen MR) is 108 cm³/mol. The van der Waals surface area contributed by atoms with Gasteiger partial charge in [0, 0.05) is 36.9 Å². The molecular formula is C22H19ClN4O. The molecule has 2 aliphatic rings. The van der Waals surface area contributed by atoms with E-state index in [2.05, 4.69) is 17.2 Å². The highest BCUT2D eigenvalue weighted by Crippen LogP contribution is 2.30. The quantitative estimate of drug-likeness (QED) is 0.687. The van der Waals surface area contributed by atoms with E-state index < -0.39 is 0 Å². The monoisotopic (exact) mass is 390 g/mol. The van der Waals surface area contributed by atoms with Gasteiger partial charge in [0.2, 0.25) is 5.91 Å². The van der Waals surface area contributed by atoms with E-state index in [1.807, 2.05) is 47.0 Å². The Morgan fingerprint density at radius 3 is 2.79 bits per heavy atom. The molecule has 140 valence electrons. The van der Waals surface area contributed by atoms with E-state index in [-0.39, 0.29) is 5.91 Å². The van der Waals surface area contributed by atoms with Crippen molar-refractivity contribution in [3.63, 3.8) is 0 Å². The Morgan fingerprint density at radius 1 is 1.11 bits per heavy atom. The fraction of sp³-hybridized carbons (Fsp3) is 0.227. The number of aliphatic imine (C=N–C) groups is 1. The van der Waals surface area contributed by atoms with Crippen LogP contribution in [0.5, 0.6) is 0 Å². The van der Waals surface area contributed by atoms with Gasteiger partial charge in [-0.3, -0.25) is 14.5 Å². The molecule has 3 aromatic rings. The fourth-order valence-electron chi connectivity index (χ4n) is 4.05. The molecule has 6 heteroatoms. The maximum Gasteiger partial charge on any atom is 0.227 e. The van der Waals surface area contributed by atoms with Crippen LogP contribution in [0.4, 0.5) is 0 Å². The van der Waals surface area contributed by atoms with Crippen LogP contribution in [0.1, 0.15) is 33.5 Å². The van der Waals surface area contributed by atoms with Gasteiger partial charge in [-0.1, -0.05) is 29.8 Å². The molecule has 0 unspecified atom stereocenters. The van der Waals surface area contributed by atoms with Gasteiger partial charge in [-0.05, 0) is 46.5 Å². The molecule has 0 radical (unpaired) electrons. The summed E-state index contributed by atoms with van der Waals surface area (Å²) in [6, 6.07) is 14.0. The maximum absolute atomic E-state index is 12.7. The third-order valence-electron chi connectivity index (χ3n) is 5.47. The van der Waals surface area contributed by atoms with Crippen LogP contribution in [-0.2, 0) is 37.9 Å². The Hall–Kier alpha value is -2.92. The number of fused-ring (bicyclic) bond motifs is 2. The smallest absolute Gasteiger partial charge is 0.227 e. The zero-order chi connectivity index (χ0) is 19.3. The maximum atomic E-state index is 12.7. The van der Waals surface area contributed by atoms with Crippen LogP contribution in [0.25, 0.3) is 0 Å². The molecule has 1 aromatic heterocycles. The molecule has 0 saturated heterocycles. The molecule has 5 rings (SSSR count). The summed E-state index contributed by atoms with van der Waals surface area (Å²) < 4.78 is 1.85. The lowest BCUT2D eigenvalue weighted by Gasteiger charge is -2.29. The van der Waals surface area contributed by atoms with Crippen LogP contribution >= 0.6 is 11.6 Å². The number of hydrogen-bond acceptors (Lipinski definition) is 3. The minimum atomic E-state index is 0.151. The SMILES string of the molecule is Cn1nccc1C1=NCc2cc3c(cc21)CN(Cc1cccc(Cl)c1)C(=O)C3. The van der Waals surface area contributed by atoms with Crippen molar-refractivity contribution in [3.8, 4) is 0 Å². The van der Waals surface area contributed by atoms with E-state index in [0.29, 0.717) is 31.1 Å². The number of aromatic nitrogens is 2. The second kappa shape index (κ2) is 6.60. The second-order valence-corrected chi connectivity index (χ2v) is 7.78. The molecule has 0 N–H and O–H groups in total. The number of hydrogen-bond donors (Lipinski definition) is 0. The zero-order valence-electron chi connectivity index (χ0n) is 15.5. The van der Waals surface area contributed by atoms with E-state index in [1.54, 1.807) is 6.20 Å². The standard InChI is InChI=1S/C22H19ClN4O/c1-26-20(5-6-25-26)22-19-9-17-13-27(12-14-3-2-4-18(23)7-14)21(28)10-15(17)8-16(19)11-24-22/h2-9H,10-13H2,1H3. The van der Waals surface area contributed by atoms with Crippen molar-refractivity contribution in [3.05, 3.63) is 87.2 Å². The summed E-state index contributed by atoms with van der Waals surface area (Å²) in [5, 5.41) is 4.96. The van der Waals surface area contributed by atoms with Crippen molar-refractivity contribution in [1.82, 2.24) is 14.7 Å². The third kappa shape index (κ3) is 2.92. The molecule has 2 aromatic carbocycles. The highest BCUT2D eigenvalue weighted by Gasteiger charge is 2.27. The number of amides is 1. The average molecular weight is 391 g/mol. The van der Waals surface area contributed by atoms with Crippen molar-refractivity contribution in [2.75, 3.05) is 0 Å². The third-order valence-corrected chi connectivity index (χ3v) is 5.70. The molecule has 28 heavy (non-hydrogen) atoms. The Morgan fingerprint density at radius 2 is 2.00 bits per heavy atom. The fourth-order valence-corrected chi connectivity index (χ4v) is 4.26.